The standard InChI is InChI=1S/C23H22Cl2N2O3/c1-15(23(29)26-2)27(13-18-19(24)10-6-11-20(18)25)22(28)14-30-21-12-5-8-16-7-3-4-9-17(16)21/h3-12,15H,13-14H2,1-2H3,(H,26,29)/t15-/m1/s1. The number of benzene rings is 3. The number of likely N-dealkylation sites (N-methyl/N-ethyl adjacent to an activating group) is 1. The van der Waals surface area contributed by atoms with Gasteiger partial charge in [-0.05, 0) is 30.5 Å². The van der Waals surface area contributed by atoms with E-state index in [1.807, 2.05) is 42.5 Å². The van der Waals surface area contributed by atoms with E-state index in [2.05, 4.69) is 5.32 Å². The van der Waals surface area contributed by atoms with Crippen LogP contribution in [0, 0.1) is 0 Å². The van der Waals surface area contributed by atoms with Gasteiger partial charge < -0.3 is 15.0 Å². The van der Waals surface area contributed by atoms with Crippen molar-refractivity contribution in [2.24, 2.45) is 0 Å². The molecule has 0 aliphatic heterocycles. The fraction of sp³-hybridized carbons (Fsp3) is 0.217. The molecule has 30 heavy (non-hydrogen) atoms. The van der Waals surface area contributed by atoms with Crippen LogP contribution in [0.2, 0.25) is 10.0 Å². The van der Waals surface area contributed by atoms with Gasteiger partial charge in [0.25, 0.3) is 5.91 Å². The molecule has 5 nitrogen and oxygen atoms in total. The number of rotatable bonds is 7. The molecule has 0 unspecified atom stereocenters. The third-order valence-electron chi connectivity index (χ3n) is 4.90. The molecular formula is C23H22Cl2N2O3. The topological polar surface area (TPSA) is 58.6 Å². The van der Waals surface area contributed by atoms with Crippen molar-refractivity contribution in [3.05, 3.63) is 76.3 Å². The van der Waals surface area contributed by atoms with Crippen LogP contribution in [-0.2, 0) is 16.1 Å². The molecule has 3 aromatic carbocycles. The zero-order valence-corrected chi connectivity index (χ0v) is 18.2. The van der Waals surface area contributed by atoms with Gasteiger partial charge in [0.15, 0.2) is 6.61 Å². The van der Waals surface area contributed by atoms with Gasteiger partial charge in [0.2, 0.25) is 5.91 Å². The van der Waals surface area contributed by atoms with Gasteiger partial charge in [0, 0.05) is 34.6 Å². The van der Waals surface area contributed by atoms with Crippen molar-refractivity contribution < 1.29 is 14.3 Å². The molecule has 3 rings (SSSR count). The van der Waals surface area contributed by atoms with Gasteiger partial charge in [0.1, 0.15) is 11.8 Å². The van der Waals surface area contributed by atoms with Gasteiger partial charge in [-0.15, -0.1) is 0 Å². The first-order valence-electron chi connectivity index (χ1n) is 9.47. The molecule has 0 saturated heterocycles. The third kappa shape index (κ3) is 4.86. The highest BCUT2D eigenvalue weighted by Gasteiger charge is 2.27. The summed E-state index contributed by atoms with van der Waals surface area (Å²) >= 11 is 12.6. The maximum absolute atomic E-state index is 13.1. The number of ether oxygens (including phenoxy) is 1. The van der Waals surface area contributed by atoms with E-state index in [0.29, 0.717) is 21.4 Å². The highest BCUT2D eigenvalue weighted by atomic mass is 35.5. The normalized spacial score (nSPS) is 11.7. The summed E-state index contributed by atoms with van der Waals surface area (Å²) in [4.78, 5) is 26.7. The summed E-state index contributed by atoms with van der Waals surface area (Å²) in [6.45, 7) is 1.52. The van der Waals surface area contributed by atoms with E-state index < -0.39 is 6.04 Å². The molecule has 0 aromatic heterocycles. The van der Waals surface area contributed by atoms with Crippen molar-refractivity contribution in [2.75, 3.05) is 13.7 Å². The summed E-state index contributed by atoms with van der Waals surface area (Å²) < 4.78 is 5.83. The predicted octanol–water partition coefficient (Wildman–Crippen LogP) is 4.69. The van der Waals surface area contributed by atoms with Gasteiger partial charge in [-0.1, -0.05) is 65.7 Å². The number of hydrogen-bond acceptors (Lipinski definition) is 3. The van der Waals surface area contributed by atoms with Crippen molar-refractivity contribution in [3.63, 3.8) is 0 Å². The molecule has 0 saturated carbocycles. The molecule has 0 spiro atoms. The largest absolute Gasteiger partial charge is 0.483 e. The van der Waals surface area contributed by atoms with Crippen molar-refractivity contribution >= 4 is 45.8 Å². The van der Waals surface area contributed by atoms with Gasteiger partial charge in [-0.3, -0.25) is 9.59 Å². The Balaban J connectivity index is 1.83. The molecule has 1 N–H and O–H groups in total. The Morgan fingerprint density at radius 3 is 2.33 bits per heavy atom. The summed E-state index contributed by atoms with van der Waals surface area (Å²) in [5.41, 5.74) is 0.579. The molecule has 3 aromatic rings. The number of nitrogens with zero attached hydrogens (tertiary/aromatic N) is 1. The lowest BCUT2D eigenvalue weighted by Crippen LogP contribution is -2.48. The van der Waals surface area contributed by atoms with Crippen molar-refractivity contribution in [1.29, 1.82) is 0 Å². The average molecular weight is 445 g/mol. The van der Waals surface area contributed by atoms with Gasteiger partial charge in [0.05, 0.1) is 0 Å². The molecule has 0 radical (unpaired) electrons. The Morgan fingerprint density at radius 1 is 1.00 bits per heavy atom. The minimum absolute atomic E-state index is 0.0881. The second-order valence-electron chi connectivity index (χ2n) is 6.78. The maximum atomic E-state index is 13.1. The second-order valence-corrected chi connectivity index (χ2v) is 7.59. The average Bonchev–Trinajstić information content (AvgIpc) is 2.76. The summed E-state index contributed by atoms with van der Waals surface area (Å²) in [5.74, 6) is -0.0449. The van der Waals surface area contributed by atoms with Crippen LogP contribution in [0.4, 0.5) is 0 Å². The molecule has 0 fully saturated rings. The van der Waals surface area contributed by atoms with Gasteiger partial charge in [-0.25, -0.2) is 0 Å². The molecule has 156 valence electrons. The first kappa shape index (κ1) is 21.9. The number of nitrogens with one attached hydrogen (secondary N) is 1. The minimum Gasteiger partial charge on any atom is -0.483 e. The monoisotopic (exact) mass is 444 g/mol. The van der Waals surface area contributed by atoms with Crippen LogP contribution in [0.25, 0.3) is 10.8 Å². The number of hydrogen-bond donors (Lipinski definition) is 1. The highest BCUT2D eigenvalue weighted by Crippen LogP contribution is 2.27. The zero-order valence-electron chi connectivity index (χ0n) is 16.7. The molecule has 1 atom stereocenters. The molecule has 0 aliphatic carbocycles. The molecular weight excluding hydrogens is 423 g/mol. The SMILES string of the molecule is CNC(=O)[C@@H](C)N(Cc1c(Cl)cccc1Cl)C(=O)COc1cccc2ccccc12. The zero-order chi connectivity index (χ0) is 21.7. The Bertz CT molecular complexity index is 1050. The van der Waals surface area contributed by atoms with Crippen LogP contribution >= 0.6 is 23.2 Å². The third-order valence-corrected chi connectivity index (χ3v) is 5.61. The van der Waals surface area contributed by atoms with Crippen LogP contribution in [0.5, 0.6) is 5.75 Å². The predicted molar refractivity (Wildman–Crippen MR) is 120 cm³/mol. The molecule has 0 bridgehead atoms. The molecule has 2 amide bonds. The smallest absolute Gasteiger partial charge is 0.261 e. The van der Waals surface area contributed by atoms with E-state index in [-0.39, 0.29) is 25.0 Å². The number of fused-ring (bicyclic) bond motifs is 1. The second kappa shape index (κ2) is 9.83. The molecule has 7 heteroatoms. The summed E-state index contributed by atoms with van der Waals surface area (Å²) in [6, 6.07) is 17.8. The van der Waals surface area contributed by atoms with Gasteiger partial charge in [-0.2, -0.15) is 0 Å². The van der Waals surface area contributed by atoms with Crippen LogP contribution in [0.15, 0.2) is 60.7 Å². The van der Waals surface area contributed by atoms with Gasteiger partial charge >= 0.3 is 0 Å². The fourth-order valence-corrected chi connectivity index (χ4v) is 3.71. The molecule has 0 heterocycles. The van der Waals surface area contributed by atoms with Crippen LogP contribution < -0.4 is 10.1 Å². The summed E-state index contributed by atoms with van der Waals surface area (Å²) in [7, 11) is 1.52. The van der Waals surface area contributed by atoms with E-state index in [1.165, 1.54) is 11.9 Å². The van der Waals surface area contributed by atoms with Crippen LogP contribution in [-0.4, -0.2) is 36.4 Å². The lowest BCUT2D eigenvalue weighted by atomic mass is 10.1. The summed E-state index contributed by atoms with van der Waals surface area (Å²) in [6.07, 6.45) is 0. The first-order chi connectivity index (χ1) is 14.4. The Morgan fingerprint density at radius 2 is 1.63 bits per heavy atom. The van der Waals surface area contributed by atoms with Crippen molar-refractivity contribution in [3.8, 4) is 5.75 Å². The lowest BCUT2D eigenvalue weighted by Gasteiger charge is -2.29. The quantitative estimate of drug-likeness (QED) is 0.574. The van der Waals surface area contributed by atoms with Crippen molar-refractivity contribution in [2.45, 2.75) is 19.5 Å². The fourth-order valence-electron chi connectivity index (χ4n) is 3.19. The molecule has 0 aliphatic rings. The van der Waals surface area contributed by atoms with E-state index >= 15 is 0 Å². The highest BCUT2D eigenvalue weighted by molar-refractivity contribution is 6.36. The van der Waals surface area contributed by atoms with E-state index in [4.69, 9.17) is 27.9 Å². The first-order valence-corrected chi connectivity index (χ1v) is 10.2. The lowest BCUT2D eigenvalue weighted by molar-refractivity contribution is -0.141. The summed E-state index contributed by atoms with van der Waals surface area (Å²) in [5, 5.41) is 5.36. The number of carbonyl (C=O) groups excluding carboxylic acids is 2. The van der Waals surface area contributed by atoms with Crippen LogP contribution in [0.3, 0.4) is 0 Å². The van der Waals surface area contributed by atoms with Crippen molar-refractivity contribution in [1.82, 2.24) is 10.2 Å². The van der Waals surface area contributed by atoms with E-state index in [0.717, 1.165) is 10.8 Å². The van der Waals surface area contributed by atoms with Crippen LogP contribution in [0.1, 0.15) is 12.5 Å². The maximum Gasteiger partial charge on any atom is 0.261 e. The van der Waals surface area contributed by atoms with E-state index in [1.54, 1.807) is 25.1 Å². The Hall–Kier alpha value is -2.76. The number of amides is 2. The van der Waals surface area contributed by atoms with E-state index in [9.17, 15) is 9.59 Å². The number of carbonyl (C=O) groups is 2. The minimum atomic E-state index is -0.731. The number of halogens is 2. The Kier molecular flexibility index (Phi) is 7.19. The Labute approximate surface area is 185 Å².